The second-order valence-electron chi connectivity index (χ2n) is 5.74. The van der Waals surface area contributed by atoms with Crippen LogP contribution in [-0.4, -0.2) is 26.6 Å². The number of sulfonamides is 1. The van der Waals surface area contributed by atoms with E-state index in [1.165, 1.54) is 13.0 Å². The fourth-order valence-corrected chi connectivity index (χ4v) is 3.82. The topological polar surface area (TPSA) is 90.3 Å². The number of halogens is 1. The van der Waals surface area contributed by atoms with Crippen LogP contribution < -0.4 is 9.62 Å². The van der Waals surface area contributed by atoms with Gasteiger partial charge in [-0.15, -0.1) is 0 Å². The number of amides is 1. The molecular formula is C18H18ClN3O3S. The first kappa shape index (κ1) is 19.8. The van der Waals surface area contributed by atoms with E-state index in [9.17, 15) is 13.2 Å². The smallest absolute Gasteiger partial charge is 0.247 e. The monoisotopic (exact) mass is 391 g/mol. The lowest BCUT2D eigenvalue weighted by Gasteiger charge is -2.28. The summed E-state index contributed by atoms with van der Waals surface area (Å²) in [7, 11) is -3.71. The third-order valence-corrected chi connectivity index (χ3v) is 5.13. The Balaban J connectivity index is 2.24. The molecular weight excluding hydrogens is 374 g/mol. The molecule has 0 saturated heterocycles. The molecule has 0 aliphatic rings. The molecule has 6 nitrogen and oxygen atoms in total. The first-order valence-electron chi connectivity index (χ1n) is 7.74. The van der Waals surface area contributed by atoms with Crippen molar-refractivity contribution in [1.29, 1.82) is 5.26 Å². The minimum Gasteiger partial charge on any atom is -0.324 e. The number of anilines is 2. The number of nitriles is 1. The first-order valence-corrected chi connectivity index (χ1v) is 9.96. The highest BCUT2D eigenvalue weighted by Crippen LogP contribution is 2.24. The Bertz CT molecular complexity index is 937. The number of rotatable bonds is 6. The van der Waals surface area contributed by atoms with Gasteiger partial charge < -0.3 is 5.32 Å². The van der Waals surface area contributed by atoms with Crippen molar-refractivity contribution in [1.82, 2.24) is 0 Å². The van der Waals surface area contributed by atoms with Crippen molar-refractivity contribution < 1.29 is 13.2 Å². The second-order valence-corrected chi connectivity index (χ2v) is 8.03. The molecule has 0 radical (unpaired) electrons. The van der Waals surface area contributed by atoms with Crippen LogP contribution in [0.2, 0.25) is 5.02 Å². The largest absolute Gasteiger partial charge is 0.324 e. The highest BCUT2D eigenvalue weighted by Gasteiger charge is 2.29. The standard InChI is InChI=1S/C18H18ClN3O3S/c1-13(18(23)21-16-8-6-14(7-9-16)10-11-20)22(26(2,24)25)17-5-3-4-15(19)12-17/h3-9,12-13H,10H2,1-2H3,(H,21,23)/t13-/m1/s1. The Hall–Kier alpha value is -2.56. The summed E-state index contributed by atoms with van der Waals surface area (Å²) in [6.45, 7) is 1.50. The molecule has 2 aromatic carbocycles. The molecule has 0 saturated carbocycles. The van der Waals surface area contributed by atoms with Gasteiger partial charge in [-0.1, -0.05) is 29.8 Å². The van der Waals surface area contributed by atoms with Gasteiger partial charge in [0.1, 0.15) is 6.04 Å². The molecule has 1 atom stereocenters. The number of benzene rings is 2. The van der Waals surface area contributed by atoms with Crippen molar-refractivity contribution >= 4 is 38.9 Å². The Morgan fingerprint density at radius 2 is 1.92 bits per heavy atom. The molecule has 2 aromatic rings. The van der Waals surface area contributed by atoms with Crippen molar-refractivity contribution in [2.24, 2.45) is 0 Å². The Kier molecular flexibility index (Phi) is 6.24. The van der Waals surface area contributed by atoms with E-state index in [2.05, 4.69) is 5.32 Å². The maximum atomic E-state index is 12.6. The van der Waals surface area contributed by atoms with Gasteiger partial charge in [-0.3, -0.25) is 9.10 Å². The molecule has 26 heavy (non-hydrogen) atoms. The van der Waals surface area contributed by atoms with Crippen LogP contribution in [0.25, 0.3) is 0 Å². The van der Waals surface area contributed by atoms with E-state index >= 15 is 0 Å². The number of hydrogen-bond donors (Lipinski definition) is 1. The van der Waals surface area contributed by atoms with Gasteiger partial charge in [0.05, 0.1) is 24.4 Å². The van der Waals surface area contributed by atoms with E-state index in [4.69, 9.17) is 16.9 Å². The van der Waals surface area contributed by atoms with E-state index in [-0.39, 0.29) is 6.42 Å². The zero-order chi connectivity index (χ0) is 19.3. The van der Waals surface area contributed by atoms with Gasteiger partial charge in [0.2, 0.25) is 15.9 Å². The van der Waals surface area contributed by atoms with Crippen molar-refractivity contribution in [2.45, 2.75) is 19.4 Å². The van der Waals surface area contributed by atoms with E-state index in [0.717, 1.165) is 16.1 Å². The van der Waals surface area contributed by atoms with Gasteiger partial charge in [-0.2, -0.15) is 5.26 Å². The lowest BCUT2D eigenvalue weighted by atomic mass is 10.1. The summed E-state index contributed by atoms with van der Waals surface area (Å²) < 4.78 is 25.5. The molecule has 0 aromatic heterocycles. The van der Waals surface area contributed by atoms with Crippen molar-refractivity contribution in [3.8, 4) is 6.07 Å². The number of carbonyl (C=O) groups is 1. The molecule has 2 rings (SSSR count). The molecule has 136 valence electrons. The van der Waals surface area contributed by atoms with Gasteiger partial charge in [-0.25, -0.2) is 8.42 Å². The first-order chi connectivity index (χ1) is 12.2. The summed E-state index contributed by atoms with van der Waals surface area (Å²) in [5, 5.41) is 11.7. The van der Waals surface area contributed by atoms with E-state index in [0.29, 0.717) is 16.4 Å². The molecule has 8 heteroatoms. The lowest BCUT2D eigenvalue weighted by molar-refractivity contribution is -0.116. The summed E-state index contributed by atoms with van der Waals surface area (Å²) in [6.07, 6.45) is 1.32. The van der Waals surface area contributed by atoms with Crippen LogP contribution in [-0.2, 0) is 21.2 Å². The van der Waals surface area contributed by atoms with Crippen molar-refractivity contribution in [3.63, 3.8) is 0 Å². The number of hydrogen-bond acceptors (Lipinski definition) is 4. The van der Waals surface area contributed by atoms with Crippen molar-refractivity contribution in [2.75, 3.05) is 15.9 Å². The zero-order valence-corrected chi connectivity index (χ0v) is 15.9. The minimum absolute atomic E-state index is 0.279. The Morgan fingerprint density at radius 1 is 1.27 bits per heavy atom. The average molecular weight is 392 g/mol. The van der Waals surface area contributed by atoms with Gasteiger partial charge in [0.15, 0.2) is 0 Å². The van der Waals surface area contributed by atoms with Gasteiger partial charge >= 0.3 is 0 Å². The molecule has 0 bridgehead atoms. The second kappa shape index (κ2) is 8.21. The molecule has 0 aliphatic heterocycles. The SMILES string of the molecule is C[C@H](C(=O)Nc1ccc(CC#N)cc1)N(c1cccc(Cl)c1)S(C)(=O)=O. The van der Waals surface area contributed by atoms with Crippen LogP contribution in [0, 0.1) is 11.3 Å². The summed E-state index contributed by atoms with van der Waals surface area (Å²) >= 11 is 5.95. The highest BCUT2D eigenvalue weighted by atomic mass is 35.5. The third kappa shape index (κ3) is 4.97. The molecule has 1 N–H and O–H groups in total. The number of nitrogens with one attached hydrogen (secondary N) is 1. The van der Waals surface area contributed by atoms with Gasteiger partial charge in [-0.05, 0) is 42.8 Å². The number of carbonyl (C=O) groups excluding carboxylic acids is 1. The molecule has 0 spiro atoms. The van der Waals surface area contributed by atoms with Crippen LogP contribution in [0.5, 0.6) is 0 Å². The molecule has 0 fully saturated rings. The Morgan fingerprint density at radius 3 is 2.46 bits per heavy atom. The quantitative estimate of drug-likeness (QED) is 0.818. The van der Waals surface area contributed by atoms with Crippen LogP contribution in [0.1, 0.15) is 12.5 Å². The van der Waals surface area contributed by atoms with E-state index < -0.39 is 22.0 Å². The zero-order valence-electron chi connectivity index (χ0n) is 14.3. The fourth-order valence-electron chi connectivity index (χ4n) is 2.47. The normalized spacial score (nSPS) is 12.1. The predicted octanol–water partition coefficient (Wildman–Crippen LogP) is 3.20. The minimum atomic E-state index is -3.71. The summed E-state index contributed by atoms with van der Waals surface area (Å²) in [6, 6.07) is 14.2. The fraction of sp³-hybridized carbons (Fsp3) is 0.222. The molecule has 0 heterocycles. The Labute approximate surface area is 158 Å². The molecule has 1 amide bonds. The number of nitrogens with zero attached hydrogens (tertiary/aromatic N) is 2. The van der Waals surface area contributed by atoms with Crippen LogP contribution >= 0.6 is 11.6 Å². The van der Waals surface area contributed by atoms with Crippen LogP contribution in [0.3, 0.4) is 0 Å². The summed E-state index contributed by atoms with van der Waals surface area (Å²) in [4.78, 5) is 12.6. The maximum Gasteiger partial charge on any atom is 0.247 e. The van der Waals surface area contributed by atoms with Crippen LogP contribution in [0.4, 0.5) is 11.4 Å². The predicted molar refractivity (Wildman–Crippen MR) is 103 cm³/mol. The lowest BCUT2D eigenvalue weighted by Crippen LogP contribution is -2.45. The van der Waals surface area contributed by atoms with Gasteiger partial charge in [0, 0.05) is 10.7 Å². The highest BCUT2D eigenvalue weighted by molar-refractivity contribution is 7.92. The van der Waals surface area contributed by atoms with E-state index in [1.807, 2.05) is 6.07 Å². The average Bonchev–Trinajstić information content (AvgIpc) is 2.55. The summed E-state index contributed by atoms with van der Waals surface area (Å²) in [5.74, 6) is -0.483. The molecule has 0 unspecified atom stereocenters. The third-order valence-electron chi connectivity index (χ3n) is 3.66. The van der Waals surface area contributed by atoms with Crippen molar-refractivity contribution in [3.05, 3.63) is 59.1 Å². The van der Waals surface area contributed by atoms with Crippen LogP contribution in [0.15, 0.2) is 48.5 Å². The maximum absolute atomic E-state index is 12.6. The van der Waals surface area contributed by atoms with E-state index in [1.54, 1.807) is 42.5 Å². The molecule has 0 aliphatic carbocycles. The van der Waals surface area contributed by atoms with Gasteiger partial charge in [0.25, 0.3) is 0 Å². The summed E-state index contributed by atoms with van der Waals surface area (Å²) in [5.41, 5.74) is 1.66.